The lowest BCUT2D eigenvalue weighted by Gasteiger charge is -2.08. The Morgan fingerprint density at radius 2 is 1.52 bits per heavy atom. The van der Waals surface area contributed by atoms with Crippen LogP contribution in [0.15, 0.2) is 72.1 Å². The van der Waals surface area contributed by atoms with Crippen LogP contribution in [0.1, 0.15) is 9.67 Å². The van der Waals surface area contributed by atoms with Gasteiger partial charge >= 0.3 is 0 Å². The van der Waals surface area contributed by atoms with E-state index in [1.165, 1.54) is 11.3 Å². The second-order valence-electron chi connectivity index (χ2n) is 5.16. The molecule has 2 aromatic carbocycles. The van der Waals surface area contributed by atoms with Gasteiger partial charge < -0.3 is 15.4 Å². The van der Waals surface area contributed by atoms with E-state index in [4.69, 9.17) is 4.74 Å². The van der Waals surface area contributed by atoms with Gasteiger partial charge in [0.05, 0.1) is 4.88 Å². The predicted octanol–water partition coefficient (Wildman–Crippen LogP) is 4.02. The van der Waals surface area contributed by atoms with Crippen LogP contribution in [0.25, 0.3) is 0 Å². The van der Waals surface area contributed by atoms with Crippen molar-refractivity contribution in [1.82, 2.24) is 0 Å². The van der Waals surface area contributed by atoms with Crippen LogP contribution in [0.4, 0.5) is 11.4 Å². The molecule has 0 aliphatic heterocycles. The van der Waals surface area contributed by atoms with E-state index in [1.807, 2.05) is 29.6 Å². The van der Waals surface area contributed by atoms with Crippen molar-refractivity contribution < 1.29 is 14.3 Å². The summed E-state index contributed by atoms with van der Waals surface area (Å²) >= 11 is 1.38. The van der Waals surface area contributed by atoms with Crippen LogP contribution in [0.5, 0.6) is 5.75 Å². The molecule has 3 rings (SSSR count). The van der Waals surface area contributed by atoms with Gasteiger partial charge in [0.15, 0.2) is 6.61 Å². The van der Waals surface area contributed by atoms with Crippen LogP contribution in [0.2, 0.25) is 0 Å². The third-order valence-electron chi connectivity index (χ3n) is 3.28. The molecule has 1 aromatic heterocycles. The molecule has 0 unspecified atom stereocenters. The molecule has 0 atom stereocenters. The van der Waals surface area contributed by atoms with Crippen LogP contribution < -0.4 is 15.4 Å². The first kappa shape index (κ1) is 16.7. The van der Waals surface area contributed by atoms with Crippen molar-refractivity contribution in [3.63, 3.8) is 0 Å². The summed E-state index contributed by atoms with van der Waals surface area (Å²) in [6, 6.07) is 19.7. The molecular weight excluding hydrogens is 336 g/mol. The van der Waals surface area contributed by atoms with E-state index in [0.29, 0.717) is 22.0 Å². The van der Waals surface area contributed by atoms with E-state index in [9.17, 15) is 9.59 Å². The zero-order chi connectivity index (χ0) is 17.5. The molecular formula is C19H16N2O3S. The number of rotatable bonds is 6. The molecule has 0 bridgehead atoms. The highest BCUT2D eigenvalue weighted by Gasteiger charge is 2.07. The topological polar surface area (TPSA) is 67.4 Å². The van der Waals surface area contributed by atoms with Gasteiger partial charge in [-0.15, -0.1) is 11.3 Å². The fraction of sp³-hybridized carbons (Fsp3) is 0.0526. The minimum atomic E-state index is -0.251. The number of nitrogens with one attached hydrogen (secondary N) is 2. The molecule has 0 saturated heterocycles. The van der Waals surface area contributed by atoms with E-state index in [1.54, 1.807) is 42.5 Å². The van der Waals surface area contributed by atoms with Crippen molar-refractivity contribution in [3.8, 4) is 5.75 Å². The van der Waals surface area contributed by atoms with Crippen molar-refractivity contribution in [1.29, 1.82) is 0 Å². The van der Waals surface area contributed by atoms with Gasteiger partial charge in [0.2, 0.25) is 0 Å². The quantitative estimate of drug-likeness (QED) is 0.704. The lowest BCUT2D eigenvalue weighted by atomic mass is 10.2. The van der Waals surface area contributed by atoms with E-state index in [-0.39, 0.29) is 18.4 Å². The molecule has 0 saturated carbocycles. The zero-order valence-corrected chi connectivity index (χ0v) is 14.1. The Morgan fingerprint density at radius 1 is 0.840 bits per heavy atom. The molecule has 0 aliphatic carbocycles. The number of amides is 2. The molecule has 25 heavy (non-hydrogen) atoms. The molecule has 2 N–H and O–H groups in total. The fourth-order valence-electron chi connectivity index (χ4n) is 2.10. The largest absolute Gasteiger partial charge is 0.484 e. The molecule has 126 valence electrons. The number of ether oxygens (including phenoxy) is 1. The van der Waals surface area contributed by atoms with E-state index < -0.39 is 0 Å². The normalized spacial score (nSPS) is 10.1. The van der Waals surface area contributed by atoms with Crippen molar-refractivity contribution in [2.24, 2.45) is 0 Å². The highest BCUT2D eigenvalue weighted by Crippen LogP contribution is 2.16. The molecule has 2 amide bonds. The van der Waals surface area contributed by atoms with E-state index in [2.05, 4.69) is 10.6 Å². The molecule has 1 heterocycles. The fourth-order valence-corrected chi connectivity index (χ4v) is 2.72. The Hall–Kier alpha value is -3.12. The van der Waals surface area contributed by atoms with Gasteiger partial charge in [-0.05, 0) is 47.8 Å². The first-order valence-electron chi connectivity index (χ1n) is 7.63. The number of carbonyl (C=O) groups is 2. The zero-order valence-electron chi connectivity index (χ0n) is 13.3. The van der Waals surface area contributed by atoms with Crippen LogP contribution >= 0.6 is 11.3 Å². The number of hydrogen-bond donors (Lipinski definition) is 2. The highest BCUT2D eigenvalue weighted by molar-refractivity contribution is 7.12. The number of thiophene rings is 1. The van der Waals surface area contributed by atoms with Crippen molar-refractivity contribution in [2.45, 2.75) is 0 Å². The number of para-hydroxylation sites is 1. The standard InChI is InChI=1S/C19H16N2O3S/c22-18(13-24-16-5-2-1-3-6-16)20-14-8-10-15(11-9-14)21-19(23)17-7-4-12-25-17/h1-12H,13H2,(H,20,22)(H,21,23). The molecule has 5 nitrogen and oxygen atoms in total. The van der Waals surface area contributed by atoms with E-state index >= 15 is 0 Å². The van der Waals surface area contributed by atoms with Crippen molar-refractivity contribution >= 4 is 34.5 Å². The van der Waals surface area contributed by atoms with Gasteiger partial charge in [-0.2, -0.15) is 0 Å². The minimum Gasteiger partial charge on any atom is -0.484 e. The number of carbonyl (C=O) groups excluding carboxylic acids is 2. The molecule has 0 aliphatic rings. The second kappa shape index (κ2) is 8.12. The van der Waals surface area contributed by atoms with Gasteiger partial charge in [0.25, 0.3) is 11.8 Å². The molecule has 3 aromatic rings. The Labute approximate surface area is 149 Å². The number of anilines is 2. The monoisotopic (exact) mass is 352 g/mol. The van der Waals surface area contributed by atoms with Crippen LogP contribution in [0.3, 0.4) is 0 Å². The molecule has 0 spiro atoms. The Balaban J connectivity index is 1.50. The predicted molar refractivity (Wildman–Crippen MR) is 99.3 cm³/mol. The Kier molecular flexibility index (Phi) is 5.43. The summed E-state index contributed by atoms with van der Waals surface area (Å²) in [7, 11) is 0. The Morgan fingerprint density at radius 3 is 2.16 bits per heavy atom. The first-order chi connectivity index (χ1) is 12.2. The van der Waals surface area contributed by atoms with Gasteiger partial charge in [0.1, 0.15) is 5.75 Å². The molecule has 6 heteroatoms. The number of hydrogen-bond acceptors (Lipinski definition) is 4. The van der Waals surface area contributed by atoms with Crippen LogP contribution in [0, 0.1) is 0 Å². The third kappa shape index (κ3) is 4.92. The summed E-state index contributed by atoms with van der Waals surface area (Å²) in [5, 5.41) is 7.40. The molecule has 0 fully saturated rings. The van der Waals surface area contributed by atoms with Gasteiger partial charge in [-0.1, -0.05) is 24.3 Å². The smallest absolute Gasteiger partial charge is 0.265 e. The lowest BCUT2D eigenvalue weighted by molar-refractivity contribution is -0.118. The molecule has 0 radical (unpaired) electrons. The van der Waals surface area contributed by atoms with Crippen molar-refractivity contribution in [3.05, 3.63) is 77.0 Å². The van der Waals surface area contributed by atoms with Crippen LogP contribution in [-0.4, -0.2) is 18.4 Å². The minimum absolute atomic E-state index is 0.0686. The Bertz CT molecular complexity index is 831. The van der Waals surface area contributed by atoms with Gasteiger partial charge in [-0.25, -0.2) is 0 Å². The summed E-state index contributed by atoms with van der Waals surface area (Å²) in [6.45, 7) is -0.0686. The average Bonchev–Trinajstić information content (AvgIpc) is 3.17. The van der Waals surface area contributed by atoms with Crippen LogP contribution in [-0.2, 0) is 4.79 Å². The van der Waals surface area contributed by atoms with Gasteiger partial charge in [0, 0.05) is 11.4 Å². The summed E-state index contributed by atoms with van der Waals surface area (Å²) in [4.78, 5) is 24.5. The lowest BCUT2D eigenvalue weighted by Crippen LogP contribution is -2.20. The maximum atomic E-state index is 12.0. The maximum absolute atomic E-state index is 12.0. The van der Waals surface area contributed by atoms with Crippen molar-refractivity contribution in [2.75, 3.05) is 17.2 Å². The van der Waals surface area contributed by atoms with E-state index in [0.717, 1.165) is 0 Å². The number of benzene rings is 2. The first-order valence-corrected chi connectivity index (χ1v) is 8.51. The second-order valence-corrected chi connectivity index (χ2v) is 6.11. The summed E-state index contributed by atoms with van der Waals surface area (Å²) in [6.07, 6.45) is 0. The summed E-state index contributed by atoms with van der Waals surface area (Å²) in [5.41, 5.74) is 1.30. The summed E-state index contributed by atoms with van der Waals surface area (Å²) < 4.78 is 5.39. The maximum Gasteiger partial charge on any atom is 0.265 e. The van der Waals surface area contributed by atoms with Gasteiger partial charge in [-0.3, -0.25) is 9.59 Å². The summed E-state index contributed by atoms with van der Waals surface area (Å²) in [5.74, 6) is 0.242. The third-order valence-corrected chi connectivity index (χ3v) is 4.15. The highest BCUT2D eigenvalue weighted by atomic mass is 32.1. The SMILES string of the molecule is O=C(COc1ccccc1)Nc1ccc(NC(=O)c2cccs2)cc1. The average molecular weight is 352 g/mol.